The summed E-state index contributed by atoms with van der Waals surface area (Å²) < 4.78 is 1.78. The monoisotopic (exact) mass is 370 g/mol. The maximum atomic E-state index is 12.4. The van der Waals surface area contributed by atoms with E-state index in [2.05, 4.69) is 5.32 Å². The van der Waals surface area contributed by atoms with Crippen molar-refractivity contribution < 1.29 is 0 Å². The van der Waals surface area contributed by atoms with Crippen molar-refractivity contribution in [2.45, 2.75) is 82.7 Å². The number of rotatable bonds is 3. The minimum Gasteiger partial charge on any atom is -0.359 e. The minimum absolute atomic E-state index is 0.0923. The van der Waals surface area contributed by atoms with E-state index in [0.717, 1.165) is 62.2 Å². The largest absolute Gasteiger partial charge is 0.359 e. The van der Waals surface area contributed by atoms with Crippen LogP contribution >= 0.6 is 11.3 Å². The van der Waals surface area contributed by atoms with Crippen LogP contribution < -0.4 is 10.9 Å². The lowest BCUT2D eigenvalue weighted by molar-refractivity contribution is 0.302. The molecule has 1 N–H and O–H groups in total. The van der Waals surface area contributed by atoms with E-state index in [1.807, 2.05) is 17.4 Å². The maximum absolute atomic E-state index is 12.4. The first-order valence-electron chi connectivity index (χ1n) is 10.1. The average molecular weight is 371 g/mol. The molecule has 1 saturated carbocycles. The number of nitrogens with one attached hydrogen (secondary N) is 1. The fourth-order valence-electron chi connectivity index (χ4n) is 4.73. The fourth-order valence-corrected chi connectivity index (χ4v) is 5.86. The van der Waals surface area contributed by atoms with Crippen molar-refractivity contribution in [3.8, 4) is 0 Å². The third-order valence-electron chi connectivity index (χ3n) is 6.20. The second kappa shape index (κ2) is 6.80. The molecule has 1 fully saturated rings. The van der Waals surface area contributed by atoms with Crippen molar-refractivity contribution in [2.24, 2.45) is 0 Å². The number of hydrogen-bond donors (Lipinski definition) is 1. The van der Waals surface area contributed by atoms with Gasteiger partial charge < -0.3 is 5.32 Å². The zero-order valence-corrected chi connectivity index (χ0v) is 16.0. The van der Waals surface area contributed by atoms with Gasteiger partial charge in [-0.1, -0.05) is 0 Å². The molecule has 5 nitrogen and oxygen atoms in total. The van der Waals surface area contributed by atoms with Gasteiger partial charge in [0, 0.05) is 17.0 Å². The zero-order valence-electron chi connectivity index (χ0n) is 15.2. The predicted molar refractivity (Wildman–Crippen MR) is 104 cm³/mol. The van der Waals surface area contributed by atoms with Crippen molar-refractivity contribution in [1.29, 1.82) is 0 Å². The van der Waals surface area contributed by atoms with Crippen molar-refractivity contribution >= 4 is 16.5 Å². The van der Waals surface area contributed by atoms with E-state index >= 15 is 0 Å². The summed E-state index contributed by atoms with van der Waals surface area (Å²) in [5.74, 6) is 0. The van der Waals surface area contributed by atoms with Crippen molar-refractivity contribution in [3.05, 3.63) is 38.2 Å². The Labute approximate surface area is 157 Å². The Hall–Kier alpha value is -1.69. The summed E-state index contributed by atoms with van der Waals surface area (Å²) >= 11 is 1.85. The molecule has 0 bridgehead atoms. The lowest BCUT2D eigenvalue weighted by Gasteiger charge is -2.29. The molecule has 0 saturated heterocycles. The van der Waals surface area contributed by atoms with Gasteiger partial charge in [0.15, 0.2) is 5.13 Å². The molecule has 2 aromatic rings. The second-order valence-electron chi connectivity index (χ2n) is 8.00. The number of hydrogen-bond acceptors (Lipinski definition) is 5. The smallest absolute Gasteiger partial charge is 0.267 e. The van der Waals surface area contributed by atoms with E-state index in [1.165, 1.54) is 35.4 Å². The molecule has 0 atom stereocenters. The molecule has 0 spiro atoms. The number of anilines is 1. The molecule has 3 aliphatic rings. The third-order valence-corrected chi connectivity index (χ3v) is 7.29. The van der Waals surface area contributed by atoms with E-state index in [1.54, 1.807) is 4.68 Å². The van der Waals surface area contributed by atoms with Gasteiger partial charge >= 0.3 is 0 Å². The lowest BCUT2D eigenvalue weighted by Crippen LogP contribution is -2.33. The lowest BCUT2D eigenvalue weighted by atomic mass is 9.91. The van der Waals surface area contributed by atoms with Crippen molar-refractivity contribution in [3.63, 3.8) is 0 Å². The topological polar surface area (TPSA) is 59.8 Å². The first-order valence-corrected chi connectivity index (χ1v) is 10.9. The van der Waals surface area contributed by atoms with Gasteiger partial charge in [-0.15, -0.1) is 11.3 Å². The molecule has 138 valence electrons. The Morgan fingerprint density at radius 2 is 1.81 bits per heavy atom. The molecule has 0 radical (unpaired) electrons. The number of nitrogens with zero attached hydrogens (tertiary/aromatic N) is 3. The Kier molecular flexibility index (Phi) is 4.31. The molecule has 26 heavy (non-hydrogen) atoms. The first kappa shape index (κ1) is 16.5. The Morgan fingerprint density at radius 3 is 2.65 bits per heavy atom. The predicted octanol–water partition coefficient (Wildman–Crippen LogP) is 3.66. The van der Waals surface area contributed by atoms with Gasteiger partial charge in [-0.05, 0) is 76.2 Å². The van der Waals surface area contributed by atoms with Crippen LogP contribution in [0, 0.1) is 0 Å². The van der Waals surface area contributed by atoms with Gasteiger partial charge in [-0.25, -0.2) is 9.67 Å². The highest BCUT2D eigenvalue weighted by molar-refractivity contribution is 7.15. The first-order chi connectivity index (χ1) is 12.8. The van der Waals surface area contributed by atoms with E-state index in [-0.39, 0.29) is 11.6 Å². The Bertz CT molecular complexity index is 840. The van der Waals surface area contributed by atoms with Crippen LogP contribution in [0.2, 0.25) is 0 Å². The molecule has 0 aromatic carbocycles. The van der Waals surface area contributed by atoms with E-state index in [0.29, 0.717) is 6.04 Å². The van der Waals surface area contributed by atoms with Gasteiger partial charge in [-0.2, -0.15) is 5.10 Å². The van der Waals surface area contributed by atoms with Crippen LogP contribution in [0.1, 0.15) is 72.8 Å². The SMILES string of the molecule is O=c1cc2c(nn1C1CCC(Nc3nc4c(s3)CCCC4)CC1)CCC2. The number of aromatic nitrogens is 3. The maximum Gasteiger partial charge on any atom is 0.267 e. The van der Waals surface area contributed by atoms with Crippen LogP contribution in [0.3, 0.4) is 0 Å². The van der Waals surface area contributed by atoms with Gasteiger partial charge in [0.25, 0.3) is 5.56 Å². The highest BCUT2D eigenvalue weighted by Crippen LogP contribution is 2.33. The quantitative estimate of drug-likeness (QED) is 0.896. The molecule has 6 heteroatoms. The minimum atomic E-state index is 0.0923. The van der Waals surface area contributed by atoms with Crippen LogP contribution in [0.4, 0.5) is 5.13 Å². The van der Waals surface area contributed by atoms with Crippen LogP contribution in [0.15, 0.2) is 10.9 Å². The standard InChI is InChI=1S/C20H26N4OS/c25-19-12-13-4-3-6-16(13)23-24(19)15-10-8-14(9-11-15)21-20-22-17-5-1-2-7-18(17)26-20/h12,14-15H,1-11H2,(H,21,22). The van der Waals surface area contributed by atoms with E-state index < -0.39 is 0 Å². The summed E-state index contributed by atoms with van der Waals surface area (Å²) in [4.78, 5) is 18.7. The summed E-state index contributed by atoms with van der Waals surface area (Å²) in [6.07, 6.45) is 12.3. The van der Waals surface area contributed by atoms with Crippen LogP contribution in [0.5, 0.6) is 0 Å². The van der Waals surface area contributed by atoms with E-state index in [4.69, 9.17) is 10.1 Å². The number of aryl methyl sites for hydroxylation is 4. The zero-order chi connectivity index (χ0) is 17.5. The molecular weight excluding hydrogens is 344 g/mol. The van der Waals surface area contributed by atoms with Gasteiger partial charge in [-0.3, -0.25) is 4.79 Å². The van der Waals surface area contributed by atoms with Crippen LogP contribution in [0.25, 0.3) is 0 Å². The van der Waals surface area contributed by atoms with Crippen LogP contribution in [-0.2, 0) is 25.7 Å². The summed E-state index contributed by atoms with van der Waals surface area (Å²) in [6, 6.07) is 2.57. The summed E-state index contributed by atoms with van der Waals surface area (Å²) in [6.45, 7) is 0. The Morgan fingerprint density at radius 1 is 1.00 bits per heavy atom. The Balaban J connectivity index is 1.24. The highest BCUT2D eigenvalue weighted by atomic mass is 32.1. The molecule has 3 aliphatic carbocycles. The molecular formula is C20H26N4OS. The van der Waals surface area contributed by atoms with Crippen molar-refractivity contribution in [2.75, 3.05) is 5.32 Å². The third kappa shape index (κ3) is 3.08. The molecule has 0 aliphatic heterocycles. The normalized spacial score (nSPS) is 24.9. The number of fused-ring (bicyclic) bond motifs is 2. The van der Waals surface area contributed by atoms with Crippen LogP contribution in [-0.4, -0.2) is 20.8 Å². The molecule has 2 heterocycles. The molecule has 2 aromatic heterocycles. The van der Waals surface area contributed by atoms with Gasteiger partial charge in [0.1, 0.15) is 0 Å². The van der Waals surface area contributed by atoms with Crippen molar-refractivity contribution in [1.82, 2.24) is 14.8 Å². The summed E-state index contributed by atoms with van der Waals surface area (Å²) in [7, 11) is 0. The number of thiazole rings is 1. The second-order valence-corrected chi connectivity index (χ2v) is 9.08. The van der Waals surface area contributed by atoms with E-state index in [9.17, 15) is 4.79 Å². The molecule has 5 rings (SSSR count). The molecule has 0 unspecified atom stereocenters. The molecule has 0 amide bonds. The van der Waals surface area contributed by atoms with Gasteiger partial charge in [0.2, 0.25) is 0 Å². The average Bonchev–Trinajstić information content (AvgIpc) is 3.27. The highest BCUT2D eigenvalue weighted by Gasteiger charge is 2.26. The fraction of sp³-hybridized carbons (Fsp3) is 0.650. The summed E-state index contributed by atoms with van der Waals surface area (Å²) in [5, 5.41) is 9.47. The summed E-state index contributed by atoms with van der Waals surface area (Å²) in [5.41, 5.74) is 3.74. The van der Waals surface area contributed by atoms with Gasteiger partial charge in [0.05, 0.1) is 17.4 Å².